The van der Waals surface area contributed by atoms with E-state index in [1.165, 1.54) is 29.0 Å². The highest BCUT2D eigenvalue weighted by Crippen LogP contribution is 2.19. The lowest BCUT2D eigenvalue weighted by Crippen LogP contribution is -2.18. The van der Waals surface area contributed by atoms with Crippen LogP contribution >= 0.6 is 23.1 Å². The van der Waals surface area contributed by atoms with Crippen LogP contribution < -0.4 is 4.80 Å². The van der Waals surface area contributed by atoms with Gasteiger partial charge in [-0.05, 0) is 48.6 Å². The molecule has 2 aromatic carbocycles. The molecule has 0 N–H and O–H groups in total. The number of fused-ring (bicyclic) bond motifs is 1. The van der Waals surface area contributed by atoms with Crippen molar-refractivity contribution in [1.82, 2.24) is 4.57 Å². The van der Waals surface area contributed by atoms with E-state index in [0.717, 1.165) is 32.9 Å². The van der Waals surface area contributed by atoms with Crippen LogP contribution in [0.15, 0.2) is 47.5 Å². The molecule has 0 aliphatic heterocycles. The number of carbonyl (C=O) groups excluding carboxylic acids is 1. The largest absolute Gasteiger partial charge is 0.316 e. The maximum absolute atomic E-state index is 13.0. The van der Waals surface area contributed by atoms with Crippen LogP contribution in [-0.4, -0.2) is 22.5 Å². The molecule has 130 valence electrons. The maximum atomic E-state index is 13.0. The molecule has 0 saturated heterocycles. The summed E-state index contributed by atoms with van der Waals surface area (Å²) >= 11 is 3.30. The lowest BCUT2D eigenvalue weighted by molar-refractivity contribution is -0.117. The van der Waals surface area contributed by atoms with Crippen LogP contribution in [0, 0.1) is 12.7 Å². The van der Waals surface area contributed by atoms with Gasteiger partial charge >= 0.3 is 0 Å². The van der Waals surface area contributed by atoms with Gasteiger partial charge in [0.25, 0.3) is 5.91 Å². The van der Waals surface area contributed by atoms with Gasteiger partial charge in [0.15, 0.2) is 4.80 Å². The van der Waals surface area contributed by atoms with Crippen LogP contribution in [0.4, 0.5) is 4.39 Å². The number of halogens is 1. The zero-order valence-electron chi connectivity index (χ0n) is 14.2. The minimum Gasteiger partial charge on any atom is -0.316 e. The second kappa shape index (κ2) is 7.97. The molecule has 3 aromatic rings. The number of thiazole rings is 1. The quantitative estimate of drug-likeness (QED) is 0.671. The smallest absolute Gasteiger partial charge is 0.252 e. The van der Waals surface area contributed by atoms with Gasteiger partial charge < -0.3 is 4.57 Å². The number of benzene rings is 2. The molecule has 6 heteroatoms. The summed E-state index contributed by atoms with van der Waals surface area (Å²) in [5.41, 5.74) is 3.07. The van der Waals surface area contributed by atoms with Gasteiger partial charge in [0, 0.05) is 12.3 Å². The van der Waals surface area contributed by atoms with E-state index in [2.05, 4.69) is 40.9 Å². The Morgan fingerprint density at radius 3 is 2.72 bits per heavy atom. The predicted octanol–water partition coefficient (Wildman–Crippen LogP) is 4.18. The summed E-state index contributed by atoms with van der Waals surface area (Å²) in [6, 6.07) is 12.3. The standard InChI is InChI=1S/C19H19FN2OS2/c1-13-3-8-16-17(11-13)25-19(22(16)9-10-24-2)21-18(23)12-14-4-6-15(20)7-5-14/h3-8,11H,9-10,12H2,1-2H3. The topological polar surface area (TPSA) is 34.4 Å². The van der Waals surface area contributed by atoms with Gasteiger partial charge in [-0.15, -0.1) is 0 Å². The van der Waals surface area contributed by atoms with Crippen LogP contribution in [0.3, 0.4) is 0 Å². The van der Waals surface area contributed by atoms with Gasteiger partial charge in [-0.25, -0.2) is 4.39 Å². The summed E-state index contributed by atoms with van der Waals surface area (Å²) in [4.78, 5) is 17.4. The molecule has 3 rings (SSSR count). The normalized spacial score (nSPS) is 12.0. The van der Waals surface area contributed by atoms with E-state index >= 15 is 0 Å². The third-order valence-electron chi connectivity index (χ3n) is 3.85. The number of carbonyl (C=O) groups is 1. The summed E-state index contributed by atoms with van der Waals surface area (Å²) in [7, 11) is 0. The van der Waals surface area contributed by atoms with Gasteiger partial charge in [-0.1, -0.05) is 29.5 Å². The fraction of sp³-hybridized carbons (Fsp3) is 0.263. The third kappa shape index (κ3) is 4.38. The Balaban J connectivity index is 1.96. The summed E-state index contributed by atoms with van der Waals surface area (Å²) in [6.45, 7) is 2.87. The van der Waals surface area contributed by atoms with E-state index in [1.54, 1.807) is 23.9 Å². The van der Waals surface area contributed by atoms with Gasteiger partial charge in [-0.2, -0.15) is 16.8 Å². The summed E-state index contributed by atoms with van der Waals surface area (Å²) in [5.74, 6) is 0.440. The molecular formula is C19H19FN2OS2. The SMILES string of the molecule is CSCCn1c(=NC(=O)Cc2ccc(F)cc2)sc2cc(C)ccc21. The molecule has 0 unspecified atom stereocenters. The number of rotatable bonds is 5. The highest BCUT2D eigenvalue weighted by Gasteiger charge is 2.09. The molecule has 0 fully saturated rings. The molecule has 0 radical (unpaired) electrons. The van der Waals surface area contributed by atoms with E-state index in [9.17, 15) is 9.18 Å². The van der Waals surface area contributed by atoms with Gasteiger partial charge in [-0.3, -0.25) is 4.79 Å². The highest BCUT2D eigenvalue weighted by atomic mass is 32.2. The lowest BCUT2D eigenvalue weighted by atomic mass is 10.1. The van der Waals surface area contributed by atoms with Crippen molar-refractivity contribution in [2.75, 3.05) is 12.0 Å². The lowest BCUT2D eigenvalue weighted by Gasteiger charge is -2.04. The van der Waals surface area contributed by atoms with Crippen LogP contribution in [0.2, 0.25) is 0 Å². The first kappa shape index (κ1) is 17.9. The number of hydrogen-bond donors (Lipinski definition) is 0. The monoisotopic (exact) mass is 374 g/mol. The van der Waals surface area contributed by atoms with Crippen LogP contribution in [0.1, 0.15) is 11.1 Å². The van der Waals surface area contributed by atoms with Crippen molar-refractivity contribution in [2.24, 2.45) is 4.99 Å². The number of aromatic nitrogens is 1. The third-order valence-corrected chi connectivity index (χ3v) is 5.48. The van der Waals surface area contributed by atoms with Crippen molar-refractivity contribution in [1.29, 1.82) is 0 Å². The molecule has 0 saturated carbocycles. The van der Waals surface area contributed by atoms with Crippen molar-refractivity contribution < 1.29 is 9.18 Å². The molecule has 25 heavy (non-hydrogen) atoms. The van der Waals surface area contributed by atoms with E-state index in [1.807, 2.05) is 0 Å². The fourth-order valence-corrected chi connectivity index (χ4v) is 4.12. The molecule has 3 nitrogen and oxygen atoms in total. The molecule has 0 aliphatic rings. The Labute approximate surface area is 154 Å². The van der Waals surface area contributed by atoms with E-state index in [4.69, 9.17) is 0 Å². The predicted molar refractivity (Wildman–Crippen MR) is 104 cm³/mol. The van der Waals surface area contributed by atoms with Crippen molar-refractivity contribution in [3.8, 4) is 0 Å². The van der Waals surface area contributed by atoms with E-state index in [-0.39, 0.29) is 18.1 Å². The number of amides is 1. The minimum atomic E-state index is -0.303. The first-order valence-corrected chi connectivity index (χ1v) is 10.2. The Bertz CT molecular complexity index is 958. The summed E-state index contributed by atoms with van der Waals surface area (Å²) in [5, 5.41) is 0. The number of thioether (sulfide) groups is 1. The van der Waals surface area contributed by atoms with Crippen molar-refractivity contribution in [2.45, 2.75) is 19.9 Å². The maximum Gasteiger partial charge on any atom is 0.252 e. The summed E-state index contributed by atoms with van der Waals surface area (Å²) < 4.78 is 16.2. The number of aryl methyl sites for hydroxylation is 2. The fourth-order valence-electron chi connectivity index (χ4n) is 2.59. The Morgan fingerprint density at radius 2 is 2.00 bits per heavy atom. The van der Waals surface area contributed by atoms with E-state index in [0.29, 0.717) is 0 Å². The number of nitrogens with zero attached hydrogens (tertiary/aromatic N) is 2. The molecule has 1 aromatic heterocycles. The first-order chi connectivity index (χ1) is 12.1. The van der Waals surface area contributed by atoms with Gasteiger partial charge in [0.2, 0.25) is 0 Å². The van der Waals surface area contributed by atoms with Crippen LogP contribution in [0.5, 0.6) is 0 Å². The molecule has 0 aliphatic carbocycles. The molecule has 1 heterocycles. The summed E-state index contributed by atoms with van der Waals surface area (Å²) in [6.07, 6.45) is 2.24. The van der Waals surface area contributed by atoms with E-state index < -0.39 is 0 Å². The Kier molecular flexibility index (Phi) is 5.71. The van der Waals surface area contributed by atoms with Crippen molar-refractivity contribution >= 4 is 39.2 Å². The zero-order valence-corrected chi connectivity index (χ0v) is 15.8. The van der Waals surface area contributed by atoms with Crippen LogP contribution in [-0.2, 0) is 17.8 Å². The van der Waals surface area contributed by atoms with Gasteiger partial charge in [0.05, 0.1) is 16.6 Å². The molecule has 0 bridgehead atoms. The van der Waals surface area contributed by atoms with Gasteiger partial charge in [0.1, 0.15) is 5.82 Å². The molecule has 1 amide bonds. The highest BCUT2D eigenvalue weighted by molar-refractivity contribution is 7.98. The first-order valence-electron chi connectivity index (χ1n) is 7.98. The molecular weight excluding hydrogens is 355 g/mol. The van der Waals surface area contributed by atoms with Crippen molar-refractivity contribution in [3.05, 3.63) is 64.2 Å². The minimum absolute atomic E-state index is 0.177. The Morgan fingerprint density at radius 1 is 1.24 bits per heavy atom. The molecule has 0 atom stereocenters. The second-order valence-corrected chi connectivity index (χ2v) is 7.80. The molecule has 0 spiro atoms. The zero-order chi connectivity index (χ0) is 17.8. The second-order valence-electron chi connectivity index (χ2n) is 5.81. The Hall–Kier alpha value is -1.92. The average molecular weight is 375 g/mol. The van der Waals surface area contributed by atoms with Crippen molar-refractivity contribution in [3.63, 3.8) is 0 Å². The van der Waals surface area contributed by atoms with Crippen LogP contribution in [0.25, 0.3) is 10.2 Å². The average Bonchev–Trinajstić information content (AvgIpc) is 2.91. The number of hydrogen-bond acceptors (Lipinski definition) is 3.